The van der Waals surface area contributed by atoms with Gasteiger partial charge in [0.2, 0.25) is 0 Å². The van der Waals surface area contributed by atoms with Crippen molar-refractivity contribution in [1.29, 1.82) is 0 Å². The summed E-state index contributed by atoms with van der Waals surface area (Å²) >= 11 is 0. The van der Waals surface area contributed by atoms with Crippen molar-refractivity contribution >= 4 is 22.6 Å². The molecule has 0 fully saturated rings. The Hall–Kier alpha value is -2.95. The van der Waals surface area contributed by atoms with Gasteiger partial charge < -0.3 is 19.9 Å². The van der Waals surface area contributed by atoms with E-state index in [1.165, 1.54) is 10.9 Å². The predicted molar refractivity (Wildman–Crippen MR) is 99.0 cm³/mol. The van der Waals surface area contributed by atoms with Gasteiger partial charge in [-0.1, -0.05) is 24.3 Å². The quantitative estimate of drug-likeness (QED) is 0.739. The molecular formula is C20H21N3O2. The number of nitrogens with zero attached hydrogens (tertiary/aromatic N) is 1. The van der Waals surface area contributed by atoms with Crippen molar-refractivity contribution < 1.29 is 9.53 Å². The molecule has 0 saturated carbocycles. The molecule has 2 heterocycles. The van der Waals surface area contributed by atoms with Crippen LogP contribution < -0.4 is 10.1 Å². The zero-order valence-corrected chi connectivity index (χ0v) is 14.2. The first-order valence-corrected chi connectivity index (χ1v) is 8.53. The van der Waals surface area contributed by atoms with Gasteiger partial charge in [0.15, 0.2) is 0 Å². The molecule has 0 spiro atoms. The van der Waals surface area contributed by atoms with Gasteiger partial charge in [-0.15, -0.1) is 0 Å². The van der Waals surface area contributed by atoms with Crippen LogP contribution in [0.5, 0.6) is 5.75 Å². The lowest BCUT2D eigenvalue weighted by Gasteiger charge is -2.21. The predicted octanol–water partition coefficient (Wildman–Crippen LogP) is 4.16. The van der Waals surface area contributed by atoms with Crippen molar-refractivity contribution in [2.75, 3.05) is 19.0 Å². The van der Waals surface area contributed by atoms with Gasteiger partial charge in [-0.05, 0) is 36.6 Å². The minimum atomic E-state index is -0.0836. The molecule has 2 N–H and O–H groups in total. The van der Waals surface area contributed by atoms with E-state index in [1.807, 2.05) is 35.2 Å². The molecule has 5 nitrogen and oxygen atoms in total. The summed E-state index contributed by atoms with van der Waals surface area (Å²) in [6.07, 6.45) is 1.95. The first kappa shape index (κ1) is 15.6. The number of hydrogen-bond donors (Lipinski definition) is 2. The van der Waals surface area contributed by atoms with Gasteiger partial charge in [0.25, 0.3) is 0 Å². The number of benzene rings is 2. The maximum absolute atomic E-state index is 12.7. The van der Waals surface area contributed by atoms with Gasteiger partial charge in [-0.2, -0.15) is 0 Å². The number of methoxy groups -OCH3 is 1. The maximum Gasteiger partial charge on any atom is 0.322 e. The number of para-hydroxylation sites is 1. The molecule has 2 amide bonds. The molecule has 0 aliphatic carbocycles. The Kier molecular flexibility index (Phi) is 4.06. The summed E-state index contributed by atoms with van der Waals surface area (Å²) in [6.45, 7) is 1.34. The van der Waals surface area contributed by atoms with Gasteiger partial charge in [0, 0.05) is 34.9 Å². The van der Waals surface area contributed by atoms with Gasteiger partial charge in [0.05, 0.1) is 13.7 Å². The second kappa shape index (κ2) is 6.51. The minimum Gasteiger partial charge on any atom is -0.497 e. The van der Waals surface area contributed by atoms with Crippen molar-refractivity contribution in [1.82, 2.24) is 9.88 Å². The molecule has 1 aliphatic heterocycles. The topological polar surface area (TPSA) is 57.4 Å². The number of ether oxygens (including phenoxy) is 1. The number of aromatic nitrogens is 1. The molecule has 3 aromatic rings. The molecule has 128 valence electrons. The van der Waals surface area contributed by atoms with Crippen LogP contribution in [0.3, 0.4) is 0 Å². The number of fused-ring (bicyclic) bond motifs is 3. The van der Waals surface area contributed by atoms with E-state index < -0.39 is 0 Å². The van der Waals surface area contributed by atoms with Gasteiger partial charge in [-0.3, -0.25) is 0 Å². The smallest absolute Gasteiger partial charge is 0.322 e. The molecule has 0 bridgehead atoms. The molecule has 5 heteroatoms. The number of anilines is 1. The Morgan fingerprint density at radius 1 is 1.20 bits per heavy atom. The molecule has 0 radical (unpaired) electrons. The van der Waals surface area contributed by atoms with Crippen molar-refractivity contribution in [3.8, 4) is 5.75 Å². The Balaban J connectivity index is 1.55. The van der Waals surface area contributed by atoms with Crippen LogP contribution in [0.15, 0.2) is 48.5 Å². The third kappa shape index (κ3) is 3.05. The van der Waals surface area contributed by atoms with E-state index in [2.05, 4.69) is 28.5 Å². The van der Waals surface area contributed by atoms with E-state index in [-0.39, 0.29) is 6.03 Å². The number of urea groups is 1. The van der Waals surface area contributed by atoms with Crippen molar-refractivity contribution in [2.45, 2.75) is 19.4 Å². The normalized spacial score (nSPS) is 14.0. The lowest BCUT2D eigenvalue weighted by molar-refractivity contribution is 0.209. The van der Waals surface area contributed by atoms with Gasteiger partial charge in [0.1, 0.15) is 5.75 Å². The molecule has 1 aliphatic rings. The standard InChI is InChI=1S/C20H21N3O2/c1-25-15-7-4-6-14(12-15)21-20(24)23-11-5-9-17-16-8-2-3-10-18(16)22-19(17)13-23/h2-4,6-8,10,12,22H,5,9,11,13H2,1H3,(H,21,24). The van der Waals surface area contributed by atoms with Crippen LogP contribution in [-0.2, 0) is 13.0 Å². The summed E-state index contributed by atoms with van der Waals surface area (Å²) in [5.74, 6) is 0.728. The Morgan fingerprint density at radius 3 is 2.96 bits per heavy atom. The molecule has 4 rings (SSSR count). The van der Waals surface area contributed by atoms with E-state index in [0.29, 0.717) is 6.54 Å². The fourth-order valence-electron chi connectivity index (χ4n) is 3.47. The van der Waals surface area contributed by atoms with Crippen molar-refractivity contribution in [3.63, 3.8) is 0 Å². The number of nitrogens with one attached hydrogen (secondary N) is 2. The van der Waals surface area contributed by atoms with Crippen LogP contribution in [-0.4, -0.2) is 29.6 Å². The molecule has 0 unspecified atom stereocenters. The fraction of sp³-hybridized carbons (Fsp3) is 0.250. The molecular weight excluding hydrogens is 314 g/mol. The highest BCUT2D eigenvalue weighted by atomic mass is 16.5. The second-order valence-electron chi connectivity index (χ2n) is 6.31. The monoisotopic (exact) mass is 335 g/mol. The zero-order chi connectivity index (χ0) is 17.2. The van der Waals surface area contributed by atoms with E-state index >= 15 is 0 Å². The lowest BCUT2D eigenvalue weighted by atomic mass is 10.1. The van der Waals surface area contributed by atoms with Gasteiger partial charge in [-0.25, -0.2) is 4.79 Å². The minimum absolute atomic E-state index is 0.0836. The van der Waals surface area contributed by atoms with E-state index in [4.69, 9.17) is 4.74 Å². The summed E-state index contributed by atoms with van der Waals surface area (Å²) < 4.78 is 5.21. The third-order valence-electron chi connectivity index (χ3n) is 4.71. The average Bonchev–Trinajstić information content (AvgIpc) is 2.84. The Morgan fingerprint density at radius 2 is 2.08 bits per heavy atom. The van der Waals surface area contributed by atoms with Crippen LogP contribution >= 0.6 is 0 Å². The first-order valence-electron chi connectivity index (χ1n) is 8.53. The number of H-pyrrole nitrogens is 1. The average molecular weight is 335 g/mol. The van der Waals surface area contributed by atoms with Crippen LogP contribution in [0.25, 0.3) is 10.9 Å². The lowest BCUT2D eigenvalue weighted by Crippen LogP contribution is -2.34. The van der Waals surface area contributed by atoms with E-state index in [0.717, 1.165) is 42.0 Å². The van der Waals surface area contributed by atoms with E-state index in [9.17, 15) is 4.79 Å². The Labute approximate surface area is 146 Å². The maximum atomic E-state index is 12.7. The molecule has 2 aromatic carbocycles. The number of carbonyl (C=O) groups is 1. The summed E-state index contributed by atoms with van der Waals surface area (Å²) in [5, 5.41) is 4.24. The largest absolute Gasteiger partial charge is 0.497 e. The molecule has 0 atom stereocenters. The zero-order valence-electron chi connectivity index (χ0n) is 14.2. The number of aromatic amines is 1. The van der Waals surface area contributed by atoms with Crippen LogP contribution in [0.1, 0.15) is 17.7 Å². The highest BCUT2D eigenvalue weighted by molar-refractivity contribution is 5.90. The number of rotatable bonds is 2. The fourth-order valence-corrected chi connectivity index (χ4v) is 3.47. The van der Waals surface area contributed by atoms with E-state index in [1.54, 1.807) is 7.11 Å². The first-order chi connectivity index (χ1) is 12.2. The van der Waals surface area contributed by atoms with Crippen molar-refractivity contribution in [3.05, 3.63) is 59.8 Å². The van der Waals surface area contributed by atoms with Crippen LogP contribution in [0.2, 0.25) is 0 Å². The number of aryl methyl sites for hydroxylation is 1. The van der Waals surface area contributed by atoms with Crippen molar-refractivity contribution in [2.24, 2.45) is 0 Å². The van der Waals surface area contributed by atoms with Crippen LogP contribution in [0.4, 0.5) is 10.5 Å². The molecule has 1 aromatic heterocycles. The highest BCUT2D eigenvalue weighted by Crippen LogP contribution is 2.27. The highest BCUT2D eigenvalue weighted by Gasteiger charge is 2.22. The summed E-state index contributed by atoms with van der Waals surface area (Å²) in [7, 11) is 1.62. The summed E-state index contributed by atoms with van der Waals surface area (Å²) in [6, 6.07) is 15.7. The van der Waals surface area contributed by atoms with Gasteiger partial charge >= 0.3 is 6.03 Å². The summed E-state index contributed by atoms with van der Waals surface area (Å²) in [5.41, 5.74) is 4.36. The summed E-state index contributed by atoms with van der Waals surface area (Å²) in [4.78, 5) is 18.0. The number of carbonyl (C=O) groups excluding carboxylic acids is 1. The number of amides is 2. The third-order valence-corrected chi connectivity index (χ3v) is 4.71. The SMILES string of the molecule is COc1cccc(NC(=O)N2CCCc3c([nH]c4ccccc34)C2)c1. The van der Waals surface area contributed by atoms with Crippen LogP contribution in [0, 0.1) is 0 Å². The molecule has 0 saturated heterocycles. The molecule has 25 heavy (non-hydrogen) atoms. The number of hydrogen-bond acceptors (Lipinski definition) is 2. The Bertz CT molecular complexity index is 916. The second-order valence-corrected chi connectivity index (χ2v) is 6.31.